The van der Waals surface area contributed by atoms with Crippen LogP contribution >= 0.6 is 0 Å². The third-order valence-corrected chi connectivity index (χ3v) is 8.47. The van der Waals surface area contributed by atoms with E-state index in [0.29, 0.717) is 43.1 Å². The monoisotopic (exact) mass is 698 g/mol. The van der Waals surface area contributed by atoms with E-state index >= 15 is 0 Å². The van der Waals surface area contributed by atoms with Crippen molar-refractivity contribution >= 4 is 29.3 Å². The van der Waals surface area contributed by atoms with Gasteiger partial charge in [0.1, 0.15) is 30.1 Å². The second-order valence-electron chi connectivity index (χ2n) is 12.9. The summed E-state index contributed by atoms with van der Waals surface area (Å²) in [7, 11) is 0. The largest absolute Gasteiger partial charge is 0.463 e. The fraction of sp³-hybridized carbons (Fsp3) is 0.568. The second kappa shape index (κ2) is 20.6. The van der Waals surface area contributed by atoms with Crippen LogP contribution in [0.5, 0.6) is 5.75 Å². The van der Waals surface area contributed by atoms with E-state index in [-0.39, 0.29) is 24.1 Å². The van der Waals surface area contributed by atoms with Gasteiger partial charge in [0.2, 0.25) is 24.0 Å². The van der Waals surface area contributed by atoms with E-state index in [1.807, 2.05) is 39.0 Å². The molecule has 5 atom stereocenters. The van der Waals surface area contributed by atoms with Gasteiger partial charge in [-0.3, -0.25) is 19.2 Å². The van der Waals surface area contributed by atoms with Gasteiger partial charge < -0.3 is 45.6 Å². The Morgan fingerprint density at radius 2 is 1.56 bits per heavy atom. The molecule has 1 fully saturated rings. The molecule has 0 bridgehead atoms. The first kappa shape index (κ1) is 40.4. The van der Waals surface area contributed by atoms with Gasteiger partial charge in [0.15, 0.2) is 0 Å². The van der Waals surface area contributed by atoms with Gasteiger partial charge in [-0.05, 0) is 69.5 Å². The molecule has 6 N–H and O–H groups in total. The number of aryl methyl sites for hydroxylation is 2. The van der Waals surface area contributed by atoms with Crippen LogP contribution in [-0.4, -0.2) is 101 Å². The smallest absolute Gasteiger partial charge is 0.251 e. The van der Waals surface area contributed by atoms with Crippen molar-refractivity contribution in [1.29, 1.82) is 0 Å². The van der Waals surface area contributed by atoms with Crippen molar-refractivity contribution in [3.63, 3.8) is 0 Å². The fourth-order valence-corrected chi connectivity index (χ4v) is 5.82. The number of unbranched alkanes of at least 4 members (excludes halogenated alkanes) is 4. The number of hydrogen-bond acceptors (Lipinski definition) is 9. The lowest BCUT2D eigenvalue weighted by molar-refractivity contribution is -0.244. The molecular formula is C37H54N4O9. The molecule has 13 nitrogen and oxygen atoms in total. The number of nitrogens with zero attached hydrogens (tertiary/aromatic N) is 1. The topological polar surface area (TPSA) is 187 Å². The predicted molar refractivity (Wildman–Crippen MR) is 189 cm³/mol. The van der Waals surface area contributed by atoms with Crippen LogP contribution in [0.1, 0.15) is 86.7 Å². The van der Waals surface area contributed by atoms with Crippen molar-refractivity contribution in [2.24, 2.45) is 0 Å². The summed E-state index contributed by atoms with van der Waals surface area (Å²) in [6.07, 6.45) is 0.531. The van der Waals surface area contributed by atoms with Crippen LogP contribution in [0.15, 0.2) is 42.5 Å². The first-order valence-corrected chi connectivity index (χ1v) is 17.5. The molecule has 50 heavy (non-hydrogen) atoms. The number of rotatable bonds is 19. The summed E-state index contributed by atoms with van der Waals surface area (Å²) in [5, 5.41) is 38.5. The number of aliphatic hydroxyl groups excluding tert-OH is 3. The lowest BCUT2D eigenvalue weighted by Crippen LogP contribution is -2.65. The van der Waals surface area contributed by atoms with E-state index in [1.54, 1.807) is 29.2 Å². The predicted octanol–water partition coefficient (Wildman–Crippen LogP) is 2.96. The highest BCUT2D eigenvalue weighted by Gasteiger charge is 2.46. The number of aliphatic hydroxyl groups is 3. The Balaban J connectivity index is 1.44. The summed E-state index contributed by atoms with van der Waals surface area (Å²) >= 11 is 0. The molecule has 0 aromatic heterocycles. The van der Waals surface area contributed by atoms with E-state index in [1.165, 1.54) is 6.92 Å². The summed E-state index contributed by atoms with van der Waals surface area (Å²) in [6.45, 7) is 8.11. The number of amides is 4. The quantitative estimate of drug-likeness (QED) is 0.120. The molecule has 13 heteroatoms. The maximum Gasteiger partial charge on any atom is 0.251 e. The number of carbonyl (C=O) groups excluding carboxylic acids is 4. The molecule has 0 spiro atoms. The number of ether oxygens (including phenoxy) is 2. The third-order valence-electron chi connectivity index (χ3n) is 8.47. The minimum atomic E-state index is -1.44. The van der Waals surface area contributed by atoms with Crippen molar-refractivity contribution in [1.82, 2.24) is 15.5 Å². The Bertz CT molecular complexity index is 1380. The second-order valence-corrected chi connectivity index (χ2v) is 12.9. The van der Waals surface area contributed by atoms with Gasteiger partial charge in [-0.15, -0.1) is 0 Å². The van der Waals surface area contributed by atoms with Crippen LogP contribution in [-0.2, 0) is 19.1 Å². The van der Waals surface area contributed by atoms with E-state index in [9.17, 15) is 34.5 Å². The van der Waals surface area contributed by atoms with Gasteiger partial charge in [-0.2, -0.15) is 0 Å². The zero-order chi connectivity index (χ0) is 36.6. The number of hydrogen-bond donors (Lipinski definition) is 6. The lowest BCUT2D eigenvalue weighted by atomic mass is 9.97. The van der Waals surface area contributed by atoms with Crippen molar-refractivity contribution in [3.05, 3.63) is 59.2 Å². The average Bonchev–Trinajstić information content (AvgIpc) is 3.07. The highest BCUT2D eigenvalue weighted by atomic mass is 16.7. The Labute approximate surface area is 294 Å². The summed E-state index contributed by atoms with van der Waals surface area (Å²) in [5.41, 5.74) is 3.28. The first-order chi connectivity index (χ1) is 23.9. The fourth-order valence-electron chi connectivity index (χ4n) is 5.82. The zero-order valence-corrected chi connectivity index (χ0v) is 29.7. The summed E-state index contributed by atoms with van der Waals surface area (Å²) in [5.74, 6) is -0.450. The minimum Gasteiger partial charge on any atom is -0.463 e. The zero-order valence-electron chi connectivity index (χ0n) is 29.7. The number of carbonyl (C=O) groups is 4. The Hall–Kier alpha value is -4.04. The molecule has 1 aliphatic heterocycles. The van der Waals surface area contributed by atoms with Crippen molar-refractivity contribution in [2.75, 3.05) is 31.6 Å². The molecule has 1 heterocycles. The maximum absolute atomic E-state index is 12.9. The molecule has 0 aliphatic carbocycles. The van der Waals surface area contributed by atoms with Gasteiger partial charge in [-0.1, -0.05) is 43.4 Å². The third kappa shape index (κ3) is 13.0. The van der Waals surface area contributed by atoms with E-state index in [2.05, 4.69) is 16.0 Å². The van der Waals surface area contributed by atoms with Crippen molar-refractivity contribution in [3.8, 4) is 5.75 Å². The molecule has 0 saturated carbocycles. The first-order valence-electron chi connectivity index (χ1n) is 17.5. The normalized spacial score (nSPS) is 20.1. The van der Waals surface area contributed by atoms with Gasteiger partial charge in [0.05, 0.1) is 6.61 Å². The van der Waals surface area contributed by atoms with E-state index in [0.717, 1.165) is 49.7 Å². The van der Waals surface area contributed by atoms with Gasteiger partial charge in [0.25, 0.3) is 5.91 Å². The molecule has 4 amide bonds. The Kier molecular flexibility index (Phi) is 16.6. The van der Waals surface area contributed by atoms with Gasteiger partial charge >= 0.3 is 0 Å². The maximum atomic E-state index is 12.9. The van der Waals surface area contributed by atoms with Crippen molar-refractivity contribution in [2.45, 2.75) is 110 Å². The van der Waals surface area contributed by atoms with Crippen LogP contribution in [0, 0.1) is 13.8 Å². The number of nitrogens with one attached hydrogen (secondary N) is 3. The molecule has 0 radical (unpaired) electrons. The lowest BCUT2D eigenvalue weighted by Gasteiger charge is -2.42. The molecule has 2 aromatic rings. The van der Waals surface area contributed by atoms with Crippen LogP contribution < -0.4 is 20.7 Å². The highest BCUT2D eigenvalue weighted by molar-refractivity contribution is 5.94. The van der Waals surface area contributed by atoms with Crippen LogP contribution in [0.25, 0.3) is 0 Å². The van der Waals surface area contributed by atoms with Gasteiger partial charge in [0, 0.05) is 50.7 Å². The standard InChI is InChI=1S/C37H54N4O9/c1-5-6-11-32(45)41(18-10-8-7-9-17-38-36(48)27-21-24(2)20-25(3)22-27)19-16-31(44)40-28-12-14-29(15-13-28)49-37-33(39-26(4)43)35(47)34(46)30(23-42)50-37/h12-15,20-22,30,33-35,37,42,46-47H,5-11,16-19,23H2,1-4H3,(H,38,48)(H,39,43)(H,40,44). The molecule has 2 aromatic carbocycles. The molecule has 1 aliphatic rings. The molecular weight excluding hydrogens is 644 g/mol. The number of anilines is 1. The minimum absolute atomic E-state index is 0.0328. The van der Waals surface area contributed by atoms with Crippen LogP contribution in [0.4, 0.5) is 5.69 Å². The molecule has 5 unspecified atom stereocenters. The molecule has 276 valence electrons. The molecule has 1 saturated heterocycles. The molecule has 3 rings (SSSR count). The van der Waals surface area contributed by atoms with Crippen molar-refractivity contribution < 1.29 is 44.0 Å². The van der Waals surface area contributed by atoms with Crippen LogP contribution in [0.3, 0.4) is 0 Å². The summed E-state index contributed by atoms with van der Waals surface area (Å²) in [4.78, 5) is 51.6. The highest BCUT2D eigenvalue weighted by Crippen LogP contribution is 2.25. The SMILES string of the molecule is CCCCC(=O)N(CCCCCCNC(=O)c1cc(C)cc(C)c1)CCC(=O)Nc1ccc(OC2OC(CO)C(O)C(O)C2NC(C)=O)cc1. The van der Waals surface area contributed by atoms with Gasteiger partial charge in [-0.25, -0.2) is 0 Å². The Morgan fingerprint density at radius 3 is 2.20 bits per heavy atom. The van der Waals surface area contributed by atoms with E-state index < -0.39 is 43.2 Å². The average molecular weight is 699 g/mol. The summed E-state index contributed by atoms with van der Waals surface area (Å²) < 4.78 is 11.4. The van der Waals surface area contributed by atoms with Crippen LogP contribution in [0.2, 0.25) is 0 Å². The Morgan fingerprint density at radius 1 is 0.880 bits per heavy atom. The number of benzene rings is 2. The van der Waals surface area contributed by atoms with E-state index in [4.69, 9.17) is 9.47 Å². The summed E-state index contributed by atoms with van der Waals surface area (Å²) in [6, 6.07) is 11.1.